The molecule has 0 unspecified atom stereocenters. The third-order valence-electron chi connectivity index (χ3n) is 4.95. The molecule has 1 aliphatic rings. The van der Waals surface area contributed by atoms with E-state index < -0.39 is 0 Å². The maximum Gasteiger partial charge on any atom is 0.260 e. The van der Waals surface area contributed by atoms with Gasteiger partial charge in [0.05, 0.1) is 6.54 Å². The van der Waals surface area contributed by atoms with Crippen LogP contribution in [0.5, 0.6) is 5.75 Å². The fourth-order valence-corrected chi connectivity index (χ4v) is 3.29. The Labute approximate surface area is 180 Å². The number of rotatable bonds is 6. The second-order valence-corrected chi connectivity index (χ2v) is 7.44. The standard InChI is InChI=1S/C22H24ClN3O4/c1-16-4-2-3-5-19(16)22(29)24-14-20(27)25-10-12-26(13-11-25)21(28)15-30-18-8-6-17(23)7-9-18/h2-9H,10-15H2,1H3,(H,24,29). The Hall–Kier alpha value is -3.06. The minimum absolute atomic E-state index is 0.0674. The zero-order chi connectivity index (χ0) is 21.5. The highest BCUT2D eigenvalue weighted by Crippen LogP contribution is 2.15. The number of hydrogen-bond donors (Lipinski definition) is 1. The summed E-state index contributed by atoms with van der Waals surface area (Å²) >= 11 is 5.83. The predicted molar refractivity (Wildman–Crippen MR) is 114 cm³/mol. The molecular weight excluding hydrogens is 406 g/mol. The largest absolute Gasteiger partial charge is 0.484 e. The van der Waals surface area contributed by atoms with E-state index in [2.05, 4.69) is 5.32 Å². The third-order valence-corrected chi connectivity index (χ3v) is 5.20. The molecule has 0 atom stereocenters. The molecule has 0 saturated carbocycles. The van der Waals surface area contributed by atoms with Gasteiger partial charge in [-0.25, -0.2) is 0 Å². The number of piperazine rings is 1. The number of halogens is 1. The van der Waals surface area contributed by atoms with Crippen LogP contribution in [0.2, 0.25) is 5.02 Å². The second-order valence-electron chi connectivity index (χ2n) is 7.00. The molecule has 0 spiro atoms. The Bertz CT molecular complexity index is 909. The molecule has 1 saturated heterocycles. The number of benzene rings is 2. The van der Waals surface area contributed by atoms with Crippen LogP contribution >= 0.6 is 11.6 Å². The van der Waals surface area contributed by atoms with Crippen molar-refractivity contribution in [1.29, 1.82) is 0 Å². The summed E-state index contributed by atoms with van der Waals surface area (Å²) in [6.45, 7) is 3.42. The molecule has 0 aromatic heterocycles. The van der Waals surface area contributed by atoms with Crippen LogP contribution in [-0.2, 0) is 9.59 Å². The first-order valence-electron chi connectivity index (χ1n) is 9.72. The van der Waals surface area contributed by atoms with E-state index in [1.165, 1.54) is 0 Å². The molecule has 2 aromatic rings. The van der Waals surface area contributed by atoms with E-state index in [1.807, 2.05) is 19.1 Å². The molecular formula is C22H24ClN3O4. The van der Waals surface area contributed by atoms with E-state index in [4.69, 9.17) is 16.3 Å². The van der Waals surface area contributed by atoms with Gasteiger partial charge in [-0.2, -0.15) is 0 Å². The molecule has 0 radical (unpaired) electrons. The van der Waals surface area contributed by atoms with Crippen LogP contribution in [0.25, 0.3) is 0 Å². The van der Waals surface area contributed by atoms with E-state index in [-0.39, 0.29) is 30.9 Å². The lowest BCUT2D eigenvalue weighted by Gasteiger charge is -2.34. The first kappa shape index (κ1) is 21.6. The van der Waals surface area contributed by atoms with Crippen molar-refractivity contribution in [2.24, 2.45) is 0 Å². The van der Waals surface area contributed by atoms with Crippen LogP contribution in [-0.4, -0.2) is 66.9 Å². The Morgan fingerprint density at radius 3 is 2.17 bits per heavy atom. The average molecular weight is 430 g/mol. The number of nitrogens with one attached hydrogen (secondary N) is 1. The molecule has 7 nitrogen and oxygen atoms in total. The molecule has 0 bridgehead atoms. The number of nitrogens with zero attached hydrogens (tertiary/aromatic N) is 2. The van der Waals surface area contributed by atoms with Crippen molar-refractivity contribution in [1.82, 2.24) is 15.1 Å². The van der Waals surface area contributed by atoms with Gasteiger partial charge in [0.25, 0.3) is 11.8 Å². The molecule has 8 heteroatoms. The molecule has 1 heterocycles. The van der Waals surface area contributed by atoms with Gasteiger partial charge in [-0.05, 0) is 42.8 Å². The van der Waals surface area contributed by atoms with E-state index in [0.29, 0.717) is 42.5 Å². The summed E-state index contributed by atoms with van der Waals surface area (Å²) in [5.74, 6) is 0.00641. The summed E-state index contributed by atoms with van der Waals surface area (Å²) < 4.78 is 5.49. The number of carbonyl (C=O) groups is 3. The molecule has 1 fully saturated rings. The Morgan fingerprint density at radius 2 is 1.53 bits per heavy atom. The van der Waals surface area contributed by atoms with Crippen LogP contribution in [0.15, 0.2) is 48.5 Å². The van der Waals surface area contributed by atoms with E-state index in [9.17, 15) is 14.4 Å². The van der Waals surface area contributed by atoms with Gasteiger partial charge in [0, 0.05) is 36.8 Å². The molecule has 3 amide bonds. The zero-order valence-corrected chi connectivity index (χ0v) is 17.5. The molecule has 1 aliphatic heterocycles. The van der Waals surface area contributed by atoms with Gasteiger partial charge in [0.15, 0.2) is 6.61 Å². The fourth-order valence-electron chi connectivity index (χ4n) is 3.16. The highest BCUT2D eigenvalue weighted by atomic mass is 35.5. The van der Waals surface area contributed by atoms with Gasteiger partial charge in [-0.3, -0.25) is 14.4 Å². The van der Waals surface area contributed by atoms with Gasteiger partial charge in [0.2, 0.25) is 5.91 Å². The summed E-state index contributed by atoms with van der Waals surface area (Å²) in [6.07, 6.45) is 0. The minimum atomic E-state index is -0.269. The van der Waals surface area contributed by atoms with Gasteiger partial charge in [-0.15, -0.1) is 0 Å². The first-order valence-corrected chi connectivity index (χ1v) is 10.1. The van der Waals surface area contributed by atoms with Crippen molar-refractivity contribution < 1.29 is 19.1 Å². The van der Waals surface area contributed by atoms with Crippen molar-refractivity contribution in [3.63, 3.8) is 0 Å². The number of ether oxygens (including phenoxy) is 1. The maximum atomic E-state index is 12.4. The minimum Gasteiger partial charge on any atom is -0.484 e. The first-order chi connectivity index (χ1) is 14.4. The number of hydrogen-bond acceptors (Lipinski definition) is 4. The zero-order valence-electron chi connectivity index (χ0n) is 16.8. The Kier molecular flexibility index (Phi) is 7.30. The molecule has 0 aliphatic carbocycles. The highest BCUT2D eigenvalue weighted by molar-refractivity contribution is 6.30. The lowest BCUT2D eigenvalue weighted by Crippen LogP contribution is -2.53. The normalized spacial score (nSPS) is 13.7. The monoisotopic (exact) mass is 429 g/mol. The van der Waals surface area contributed by atoms with Crippen molar-refractivity contribution in [2.45, 2.75) is 6.92 Å². The smallest absolute Gasteiger partial charge is 0.260 e. The third kappa shape index (κ3) is 5.73. The van der Waals surface area contributed by atoms with E-state index in [1.54, 1.807) is 46.2 Å². The van der Waals surface area contributed by atoms with Crippen LogP contribution < -0.4 is 10.1 Å². The summed E-state index contributed by atoms with van der Waals surface area (Å²) in [7, 11) is 0. The summed E-state index contributed by atoms with van der Waals surface area (Å²) in [5, 5.41) is 3.27. The number of aryl methyl sites for hydroxylation is 1. The van der Waals surface area contributed by atoms with Crippen molar-refractivity contribution in [3.05, 3.63) is 64.7 Å². The van der Waals surface area contributed by atoms with Gasteiger partial charge in [-0.1, -0.05) is 29.8 Å². The van der Waals surface area contributed by atoms with Gasteiger partial charge < -0.3 is 19.9 Å². The number of carbonyl (C=O) groups excluding carboxylic acids is 3. The Morgan fingerprint density at radius 1 is 0.933 bits per heavy atom. The molecule has 3 rings (SSSR count). The van der Waals surface area contributed by atoms with Crippen LogP contribution in [0, 0.1) is 6.92 Å². The quantitative estimate of drug-likeness (QED) is 0.763. The lowest BCUT2D eigenvalue weighted by atomic mass is 10.1. The summed E-state index contributed by atoms with van der Waals surface area (Å²) in [6, 6.07) is 14.0. The molecule has 30 heavy (non-hydrogen) atoms. The van der Waals surface area contributed by atoms with Crippen LogP contribution in [0.3, 0.4) is 0 Å². The lowest BCUT2D eigenvalue weighted by molar-refractivity contribution is -0.140. The average Bonchev–Trinajstić information content (AvgIpc) is 2.77. The van der Waals surface area contributed by atoms with Crippen molar-refractivity contribution in [3.8, 4) is 5.75 Å². The Balaban J connectivity index is 1.40. The fraction of sp³-hybridized carbons (Fsp3) is 0.318. The van der Waals surface area contributed by atoms with Crippen molar-refractivity contribution in [2.75, 3.05) is 39.3 Å². The predicted octanol–water partition coefficient (Wildman–Crippen LogP) is 2.13. The van der Waals surface area contributed by atoms with E-state index >= 15 is 0 Å². The maximum absolute atomic E-state index is 12.4. The van der Waals surface area contributed by atoms with Gasteiger partial charge in [0.1, 0.15) is 5.75 Å². The second kappa shape index (κ2) is 10.1. The van der Waals surface area contributed by atoms with Crippen molar-refractivity contribution >= 4 is 29.3 Å². The molecule has 1 N–H and O–H groups in total. The molecule has 158 valence electrons. The SMILES string of the molecule is Cc1ccccc1C(=O)NCC(=O)N1CCN(C(=O)COc2ccc(Cl)cc2)CC1. The van der Waals surface area contributed by atoms with Crippen LogP contribution in [0.4, 0.5) is 0 Å². The molecule has 2 aromatic carbocycles. The topological polar surface area (TPSA) is 79.0 Å². The summed E-state index contributed by atoms with van der Waals surface area (Å²) in [5.41, 5.74) is 1.41. The van der Waals surface area contributed by atoms with Gasteiger partial charge >= 0.3 is 0 Å². The highest BCUT2D eigenvalue weighted by Gasteiger charge is 2.24. The van der Waals surface area contributed by atoms with E-state index in [0.717, 1.165) is 5.56 Å². The summed E-state index contributed by atoms with van der Waals surface area (Å²) in [4.78, 5) is 40.3. The van der Waals surface area contributed by atoms with Crippen LogP contribution in [0.1, 0.15) is 15.9 Å². The number of amides is 3.